The van der Waals surface area contributed by atoms with Crippen LogP contribution in [0.2, 0.25) is 0 Å². The van der Waals surface area contributed by atoms with Crippen LogP contribution in [0, 0.1) is 0 Å². The number of hydrogen-bond acceptors (Lipinski definition) is 3. The number of nitrogens with one attached hydrogen (secondary N) is 1. The van der Waals surface area contributed by atoms with E-state index in [9.17, 15) is 4.79 Å². The molecule has 5 heteroatoms. The summed E-state index contributed by atoms with van der Waals surface area (Å²) in [5.74, 6) is -0.239. The highest BCUT2D eigenvalue weighted by Gasteiger charge is 2.40. The highest BCUT2D eigenvalue weighted by atomic mass is 79.9. The van der Waals surface area contributed by atoms with E-state index < -0.39 is 10.4 Å². The number of hydrogen-bond donors (Lipinski definition) is 1. The highest BCUT2D eigenvalue weighted by Crippen LogP contribution is 2.38. The van der Waals surface area contributed by atoms with Crippen molar-refractivity contribution in [3.63, 3.8) is 0 Å². The lowest BCUT2D eigenvalue weighted by Crippen LogP contribution is -2.44. The second kappa shape index (κ2) is 8.47. The molecular formula is C20H21Br2NO2. The average Bonchev–Trinajstić information content (AvgIpc) is 2.69. The molecule has 1 fully saturated rings. The van der Waals surface area contributed by atoms with Gasteiger partial charge in [-0.1, -0.05) is 92.5 Å². The van der Waals surface area contributed by atoms with Gasteiger partial charge in [-0.25, -0.2) is 0 Å². The lowest BCUT2D eigenvalue weighted by Gasteiger charge is -2.38. The van der Waals surface area contributed by atoms with E-state index in [1.165, 1.54) is 0 Å². The molecule has 0 saturated carbocycles. The van der Waals surface area contributed by atoms with Gasteiger partial charge in [-0.3, -0.25) is 4.79 Å². The summed E-state index contributed by atoms with van der Waals surface area (Å²) in [7, 11) is 0. The smallest absolute Gasteiger partial charge is 0.322 e. The zero-order valence-corrected chi connectivity index (χ0v) is 17.0. The Morgan fingerprint density at radius 1 is 0.960 bits per heavy atom. The van der Waals surface area contributed by atoms with Crippen LogP contribution in [-0.2, 0) is 15.1 Å². The van der Waals surface area contributed by atoms with E-state index in [4.69, 9.17) is 4.74 Å². The summed E-state index contributed by atoms with van der Waals surface area (Å²) in [6.45, 7) is 1.68. The Hall–Kier alpha value is -1.17. The first-order valence-corrected chi connectivity index (χ1v) is 10.3. The standard InChI is InChI=1S/C20H21Br2NO2/c21-17(15-7-3-1-4-8-15)18(22)19(24)25-20(11-13-23-14-12-20)16-9-5-2-6-10-16/h1-10,17-18,23H,11-14H2. The largest absolute Gasteiger partial charge is 0.453 e. The molecule has 0 amide bonds. The maximum absolute atomic E-state index is 12.9. The van der Waals surface area contributed by atoms with E-state index in [1.807, 2.05) is 60.7 Å². The normalized spacial score (nSPS) is 19.0. The van der Waals surface area contributed by atoms with E-state index in [1.54, 1.807) is 0 Å². The number of rotatable bonds is 5. The number of ether oxygens (including phenoxy) is 1. The second-order valence-corrected chi connectivity index (χ2v) is 8.22. The Labute approximate surface area is 165 Å². The minimum atomic E-state index is -0.557. The van der Waals surface area contributed by atoms with Crippen molar-refractivity contribution in [2.45, 2.75) is 28.1 Å². The third-order valence-electron chi connectivity index (χ3n) is 4.61. The number of carbonyl (C=O) groups excluding carboxylic acids is 1. The third-order valence-corrected chi connectivity index (χ3v) is 7.28. The Kier molecular flexibility index (Phi) is 6.31. The van der Waals surface area contributed by atoms with Crippen molar-refractivity contribution in [3.05, 3.63) is 71.8 Å². The number of carbonyl (C=O) groups is 1. The van der Waals surface area contributed by atoms with Gasteiger partial charge in [0.15, 0.2) is 0 Å². The predicted octanol–water partition coefficient (Wildman–Crippen LogP) is 4.71. The lowest BCUT2D eigenvalue weighted by atomic mass is 9.84. The Morgan fingerprint density at radius 2 is 1.52 bits per heavy atom. The summed E-state index contributed by atoms with van der Waals surface area (Å²) in [6, 6.07) is 20.0. The molecule has 0 bridgehead atoms. The van der Waals surface area contributed by atoms with Gasteiger partial charge in [-0.15, -0.1) is 0 Å². The molecule has 1 saturated heterocycles. The number of alkyl halides is 2. The molecule has 3 rings (SSSR count). The topological polar surface area (TPSA) is 38.3 Å². The molecule has 2 aromatic carbocycles. The maximum atomic E-state index is 12.9. The molecule has 1 aliphatic rings. The van der Waals surface area contributed by atoms with Crippen LogP contribution < -0.4 is 5.32 Å². The van der Waals surface area contributed by atoms with Crippen LogP contribution in [0.3, 0.4) is 0 Å². The molecule has 132 valence electrons. The van der Waals surface area contributed by atoms with Crippen molar-refractivity contribution < 1.29 is 9.53 Å². The van der Waals surface area contributed by atoms with Gasteiger partial charge in [0.2, 0.25) is 0 Å². The number of piperidine rings is 1. The van der Waals surface area contributed by atoms with Crippen LogP contribution in [0.1, 0.15) is 28.8 Å². The second-order valence-electron chi connectivity index (χ2n) is 6.25. The minimum absolute atomic E-state index is 0.143. The van der Waals surface area contributed by atoms with Gasteiger partial charge in [0, 0.05) is 12.8 Å². The van der Waals surface area contributed by atoms with Crippen LogP contribution in [-0.4, -0.2) is 23.9 Å². The van der Waals surface area contributed by atoms with Crippen LogP contribution in [0.25, 0.3) is 0 Å². The fourth-order valence-electron chi connectivity index (χ4n) is 3.20. The summed E-state index contributed by atoms with van der Waals surface area (Å²) in [6.07, 6.45) is 1.56. The molecule has 0 aromatic heterocycles. The monoisotopic (exact) mass is 465 g/mol. The van der Waals surface area contributed by atoms with Gasteiger partial charge in [-0.2, -0.15) is 0 Å². The Morgan fingerprint density at radius 3 is 2.12 bits per heavy atom. The van der Waals surface area contributed by atoms with Crippen molar-refractivity contribution in [1.82, 2.24) is 5.32 Å². The number of halogens is 2. The van der Waals surface area contributed by atoms with Gasteiger partial charge >= 0.3 is 5.97 Å². The SMILES string of the molecule is O=C(OC1(c2ccccc2)CCNCC1)C(Br)C(Br)c1ccccc1. The summed E-state index contributed by atoms with van der Waals surface area (Å²) < 4.78 is 6.11. The molecule has 1 aliphatic heterocycles. The van der Waals surface area contributed by atoms with Crippen molar-refractivity contribution >= 4 is 37.8 Å². The first-order chi connectivity index (χ1) is 12.1. The van der Waals surface area contributed by atoms with Crippen molar-refractivity contribution in [2.24, 2.45) is 0 Å². The van der Waals surface area contributed by atoms with Gasteiger partial charge < -0.3 is 10.1 Å². The fraction of sp³-hybridized carbons (Fsp3) is 0.350. The first-order valence-electron chi connectivity index (χ1n) is 8.45. The van der Waals surface area contributed by atoms with E-state index in [-0.39, 0.29) is 10.8 Å². The highest BCUT2D eigenvalue weighted by molar-refractivity contribution is 9.12. The van der Waals surface area contributed by atoms with Crippen molar-refractivity contribution in [2.75, 3.05) is 13.1 Å². The molecule has 0 spiro atoms. The predicted molar refractivity (Wildman–Crippen MR) is 107 cm³/mol. The van der Waals surface area contributed by atoms with E-state index in [0.29, 0.717) is 0 Å². The van der Waals surface area contributed by atoms with Crippen LogP contribution in [0.5, 0.6) is 0 Å². The van der Waals surface area contributed by atoms with Gasteiger partial charge in [0.25, 0.3) is 0 Å². The van der Waals surface area contributed by atoms with Crippen LogP contribution >= 0.6 is 31.9 Å². The number of esters is 1. The van der Waals surface area contributed by atoms with Crippen molar-refractivity contribution in [3.8, 4) is 0 Å². The molecule has 3 nitrogen and oxygen atoms in total. The molecule has 0 radical (unpaired) electrons. The Balaban J connectivity index is 1.79. The molecule has 25 heavy (non-hydrogen) atoms. The Bertz CT molecular complexity index is 687. The number of benzene rings is 2. The molecule has 1 N–H and O–H groups in total. The molecule has 2 aromatic rings. The summed E-state index contributed by atoms with van der Waals surface area (Å²) in [5, 5.41) is 3.35. The maximum Gasteiger partial charge on any atom is 0.322 e. The molecule has 0 aliphatic carbocycles. The molecular weight excluding hydrogens is 446 g/mol. The third kappa shape index (κ3) is 4.33. The van der Waals surface area contributed by atoms with Crippen molar-refractivity contribution in [1.29, 1.82) is 0 Å². The first kappa shape index (κ1) is 18.6. The molecule has 1 heterocycles. The average molecular weight is 467 g/mol. The van der Waals surface area contributed by atoms with Crippen LogP contribution in [0.4, 0.5) is 0 Å². The van der Waals surface area contributed by atoms with E-state index in [0.717, 1.165) is 37.1 Å². The molecule has 2 atom stereocenters. The summed E-state index contributed by atoms with van der Waals surface area (Å²) in [4.78, 5) is 12.3. The summed E-state index contributed by atoms with van der Waals surface area (Å²) >= 11 is 7.16. The lowest BCUT2D eigenvalue weighted by molar-refractivity contribution is -0.163. The van der Waals surface area contributed by atoms with E-state index in [2.05, 4.69) is 37.2 Å². The van der Waals surface area contributed by atoms with Gasteiger partial charge in [-0.05, 0) is 24.2 Å². The van der Waals surface area contributed by atoms with E-state index >= 15 is 0 Å². The minimum Gasteiger partial charge on any atom is -0.453 e. The van der Waals surface area contributed by atoms with Gasteiger partial charge in [0.05, 0.1) is 4.83 Å². The summed E-state index contributed by atoms with van der Waals surface area (Å²) in [5.41, 5.74) is 1.55. The quantitative estimate of drug-likeness (QED) is 0.512. The fourth-order valence-corrected chi connectivity index (χ4v) is 4.12. The van der Waals surface area contributed by atoms with Crippen LogP contribution in [0.15, 0.2) is 60.7 Å². The zero-order valence-electron chi connectivity index (χ0n) is 13.8. The molecule has 2 unspecified atom stereocenters. The zero-order chi connectivity index (χ0) is 17.7. The van der Waals surface area contributed by atoms with Gasteiger partial charge in [0.1, 0.15) is 10.4 Å².